The van der Waals surface area contributed by atoms with E-state index in [0.29, 0.717) is 17.9 Å². The number of pyridine rings is 1. The number of aromatic nitrogens is 1. The van der Waals surface area contributed by atoms with Gasteiger partial charge in [-0.1, -0.05) is 0 Å². The highest BCUT2D eigenvalue weighted by Crippen LogP contribution is 2.20. The first-order valence-electron chi connectivity index (χ1n) is 5.62. The number of hydrogen-bond acceptors (Lipinski definition) is 3. The third kappa shape index (κ3) is 3.12. The van der Waals surface area contributed by atoms with Gasteiger partial charge in [-0.25, -0.2) is 0 Å². The Morgan fingerprint density at radius 1 is 1.32 bits per heavy atom. The molecule has 0 bridgehead atoms. The van der Waals surface area contributed by atoms with Crippen LogP contribution in [-0.4, -0.2) is 18.0 Å². The number of hydrogen-bond donors (Lipinski definition) is 0. The zero-order valence-corrected chi connectivity index (χ0v) is 11.9. The predicted octanol–water partition coefficient (Wildman–Crippen LogP) is 2.48. The van der Waals surface area contributed by atoms with Crippen molar-refractivity contribution < 1.29 is 9.53 Å². The van der Waals surface area contributed by atoms with Crippen LogP contribution < -0.4 is 10.3 Å². The Labute approximate surface area is 118 Å². The van der Waals surface area contributed by atoms with E-state index in [4.69, 9.17) is 4.74 Å². The van der Waals surface area contributed by atoms with E-state index >= 15 is 0 Å². The number of benzene rings is 1. The summed E-state index contributed by atoms with van der Waals surface area (Å²) in [6.45, 7) is 0.350. The van der Waals surface area contributed by atoms with E-state index in [0.717, 1.165) is 16.3 Å². The molecule has 0 N–H and O–H groups in total. The van der Waals surface area contributed by atoms with E-state index in [1.807, 2.05) is 0 Å². The van der Waals surface area contributed by atoms with Crippen LogP contribution in [0.2, 0.25) is 0 Å². The Morgan fingerprint density at radius 3 is 2.79 bits per heavy atom. The maximum atomic E-state index is 11.8. The third-order valence-corrected chi connectivity index (χ3v) is 3.20. The van der Waals surface area contributed by atoms with Gasteiger partial charge in [-0.05, 0) is 40.2 Å². The monoisotopic (exact) mass is 321 g/mol. The van der Waals surface area contributed by atoms with Crippen molar-refractivity contribution in [1.82, 2.24) is 4.57 Å². The van der Waals surface area contributed by atoms with Crippen molar-refractivity contribution >= 4 is 22.2 Å². The molecule has 0 saturated carbocycles. The second-order valence-corrected chi connectivity index (χ2v) is 4.92. The number of nitrogens with zero attached hydrogens (tertiary/aromatic N) is 1. The maximum Gasteiger partial charge on any atom is 0.250 e. The average Bonchev–Trinajstić information content (AvgIpc) is 2.42. The molecular formula is C14H12BrNO3. The Balaban J connectivity index is 2.44. The third-order valence-electron chi connectivity index (χ3n) is 2.73. The van der Waals surface area contributed by atoms with Gasteiger partial charge >= 0.3 is 0 Å². The molecule has 1 aromatic carbocycles. The molecular weight excluding hydrogens is 310 g/mol. The van der Waals surface area contributed by atoms with E-state index < -0.39 is 0 Å². The van der Waals surface area contributed by atoms with Crippen molar-refractivity contribution in [2.24, 2.45) is 0 Å². The Kier molecular flexibility index (Phi) is 4.16. The van der Waals surface area contributed by atoms with Crippen molar-refractivity contribution in [3.8, 4) is 5.75 Å². The van der Waals surface area contributed by atoms with Crippen LogP contribution in [0.5, 0.6) is 5.75 Å². The lowest BCUT2D eigenvalue weighted by Gasteiger charge is -2.11. The number of aldehydes is 1. The topological polar surface area (TPSA) is 48.3 Å². The molecule has 0 aliphatic carbocycles. The summed E-state index contributed by atoms with van der Waals surface area (Å²) in [6, 6.07) is 8.30. The summed E-state index contributed by atoms with van der Waals surface area (Å²) in [4.78, 5) is 22.6. The number of carbonyl (C=O) groups is 1. The highest BCUT2D eigenvalue weighted by Gasteiger charge is 2.06. The number of rotatable bonds is 4. The fourth-order valence-corrected chi connectivity index (χ4v) is 2.18. The van der Waals surface area contributed by atoms with E-state index in [1.165, 1.54) is 6.07 Å². The quantitative estimate of drug-likeness (QED) is 0.813. The normalized spacial score (nSPS) is 10.2. The molecule has 0 aliphatic rings. The standard InChI is InChI=1S/C14H12BrNO3/c1-19-13-4-2-10(9-17)6-11(13)7-16-8-12(15)3-5-14(16)18/h2-6,8-9H,7H2,1H3. The average molecular weight is 322 g/mol. The molecule has 98 valence electrons. The van der Waals surface area contributed by atoms with Crippen LogP contribution in [-0.2, 0) is 6.54 Å². The van der Waals surface area contributed by atoms with Gasteiger partial charge in [-0.3, -0.25) is 9.59 Å². The van der Waals surface area contributed by atoms with Gasteiger partial charge < -0.3 is 9.30 Å². The number of methoxy groups -OCH3 is 1. The minimum Gasteiger partial charge on any atom is -0.496 e. The summed E-state index contributed by atoms with van der Waals surface area (Å²) >= 11 is 3.33. The van der Waals surface area contributed by atoms with Gasteiger partial charge in [0.15, 0.2) is 0 Å². The van der Waals surface area contributed by atoms with Crippen LogP contribution in [0, 0.1) is 0 Å². The second kappa shape index (κ2) is 5.84. The molecule has 0 atom stereocenters. The second-order valence-electron chi connectivity index (χ2n) is 4.00. The molecule has 0 radical (unpaired) electrons. The zero-order chi connectivity index (χ0) is 13.8. The summed E-state index contributed by atoms with van der Waals surface area (Å²) in [6.07, 6.45) is 2.47. The molecule has 1 aromatic heterocycles. The van der Waals surface area contributed by atoms with Crippen LogP contribution >= 0.6 is 15.9 Å². The molecule has 0 spiro atoms. The number of halogens is 1. The predicted molar refractivity (Wildman–Crippen MR) is 75.9 cm³/mol. The van der Waals surface area contributed by atoms with Crippen molar-refractivity contribution in [2.45, 2.75) is 6.54 Å². The molecule has 2 rings (SSSR count). The van der Waals surface area contributed by atoms with Gasteiger partial charge in [0.1, 0.15) is 12.0 Å². The minimum atomic E-state index is -0.109. The summed E-state index contributed by atoms with van der Waals surface area (Å²) < 4.78 is 7.61. The van der Waals surface area contributed by atoms with E-state index in [1.54, 1.807) is 42.1 Å². The maximum absolute atomic E-state index is 11.8. The summed E-state index contributed by atoms with van der Waals surface area (Å²) in [5.41, 5.74) is 1.23. The van der Waals surface area contributed by atoms with Crippen LogP contribution in [0.25, 0.3) is 0 Å². The van der Waals surface area contributed by atoms with E-state index in [9.17, 15) is 9.59 Å². The SMILES string of the molecule is COc1ccc(C=O)cc1Cn1cc(Br)ccc1=O. The summed E-state index contributed by atoms with van der Waals surface area (Å²) in [5.74, 6) is 0.650. The van der Waals surface area contributed by atoms with Crippen molar-refractivity contribution in [1.29, 1.82) is 0 Å². The van der Waals surface area contributed by atoms with Gasteiger partial charge in [-0.15, -0.1) is 0 Å². The molecule has 1 heterocycles. The van der Waals surface area contributed by atoms with Crippen LogP contribution in [0.4, 0.5) is 0 Å². The van der Waals surface area contributed by atoms with Gasteiger partial charge in [0, 0.05) is 27.9 Å². The highest BCUT2D eigenvalue weighted by molar-refractivity contribution is 9.10. The zero-order valence-electron chi connectivity index (χ0n) is 10.3. The lowest BCUT2D eigenvalue weighted by atomic mass is 10.1. The molecule has 5 heteroatoms. The first-order valence-corrected chi connectivity index (χ1v) is 6.41. The van der Waals surface area contributed by atoms with Gasteiger partial charge in [0.25, 0.3) is 5.56 Å². The van der Waals surface area contributed by atoms with E-state index in [2.05, 4.69) is 15.9 Å². The van der Waals surface area contributed by atoms with Crippen molar-refractivity contribution in [3.63, 3.8) is 0 Å². The Morgan fingerprint density at radius 2 is 2.11 bits per heavy atom. The molecule has 19 heavy (non-hydrogen) atoms. The molecule has 0 fully saturated rings. The fraction of sp³-hybridized carbons (Fsp3) is 0.143. The molecule has 0 aliphatic heterocycles. The van der Waals surface area contributed by atoms with Crippen LogP contribution in [0.3, 0.4) is 0 Å². The number of ether oxygens (including phenoxy) is 1. The molecule has 2 aromatic rings. The van der Waals surface area contributed by atoms with Crippen molar-refractivity contribution in [3.05, 3.63) is 62.5 Å². The Bertz CT molecular complexity index is 664. The largest absolute Gasteiger partial charge is 0.496 e. The summed E-state index contributed by atoms with van der Waals surface area (Å²) in [5, 5.41) is 0. The first-order chi connectivity index (χ1) is 9.13. The molecule has 0 amide bonds. The number of carbonyl (C=O) groups excluding carboxylic acids is 1. The van der Waals surface area contributed by atoms with Gasteiger partial charge in [0.05, 0.1) is 13.7 Å². The fourth-order valence-electron chi connectivity index (χ4n) is 1.80. The summed E-state index contributed by atoms with van der Waals surface area (Å²) in [7, 11) is 1.56. The van der Waals surface area contributed by atoms with Gasteiger partial charge in [0.2, 0.25) is 0 Å². The molecule has 0 unspecified atom stereocenters. The van der Waals surface area contributed by atoms with E-state index in [-0.39, 0.29) is 5.56 Å². The minimum absolute atomic E-state index is 0.109. The smallest absolute Gasteiger partial charge is 0.250 e. The van der Waals surface area contributed by atoms with Crippen LogP contribution in [0.15, 0.2) is 45.8 Å². The molecule has 4 nitrogen and oxygen atoms in total. The lowest BCUT2D eigenvalue weighted by molar-refractivity contribution is 0.112. The lowest BCUT2D eigenvalue weighted by Crippen LogP contribution is -2.19. The first kappa shape index (κ1) is 13.5. The highest BCUT2D eigenvalue weighted by atomic mass is 79.9. The van der Waals surface area contributed by atoms with Gasteiger partial charge in [-0.2, -0.15) is 0 Å². The van der Waals surface area contributed by atoms with Crippen molar-refractivity contribution in [2.75, 3.05) is 7.11 Å². The Hall–Kier alpha value is -1.88. The van der Waals surface area contributed by atoms with Crippen LogP contribution in [0.1, 0.15) is 15.9 Å². The molecule has 0 saturated heterocycles.